The number of hydrogen-bond acceptors (Lipinski definition) is 7. The Bertz CT molecular complexity index is 1560. The fourth-order valence-corrected chi connectivity index (χ4v) is 6.90. The maximum atomic E-state index is 14.6. The average Bonchev–Trinajstić information content (AvgIpc) is 3.52. The van der Waals surface area contributed by atoms with E-state index in [9.17, 15) is 8.78 Å². The average molecular weight is 516 g/mol. The molecule has 0 radical (unpaired) electrons. The highest BCUT2D eigenvalue weighted by Gasteiger charge is 2.65. The van der Waals surface area contributed by atoms with E-state index in [4.69, 9.17) is 14.8 Å². The molecule has 1 aliphatic heterocycles. The van der Waals surface area contributed by atoms with E-state index in [0.29, 0.717) is 19.2 Å². The topological polar surface area (TPSA) is 91.5 Å². The molecule has 8 nitrogen and oxygen atoms in total. The normalized spacial score (nSPS) is 24.3. The van der Waals surface area contributed by atoms with Gasteiger partial charge in [0.05, 0.1) is 46.7 Å². The molecule has 2 fully saturated rings. The highest BCUT2D eigenvalue weighted by Crippen LogP contribution is 2.69. The van der Waals surface area contributed by atoms with Crippen molar-refractivity contribution in [1.29, 1.82) is 0 Å². The van der Waals surface area contributed by atoms with E-state index in [1.807, 2.05) is 12.1 Å². The van der Waals surface area contributed by atoms with Crippen LogP contribution < -0.4 is 0 Å². The zero-order valence-corrected chi connectivity index (χ0v) is 21.4. The van der Waals surface area contributed by atoms with Crippen molar-refractivity contribution in [3.05, 3.63) is 77.3 Å². The summed E-state index contributed by atoms with van der Waals surface area (Å²) >= 11 is 0. The fraction of sp³-hybridized carbons (Fsp3) is 0.429. The molecule has 2 atom stereocenters. The van der Waals surface area contributed by atoms with Crippen LogP contribution in [-0.4, -0.2) is 48.1 Å². The summed E-state index contributed by atoms with van der Waals surface area (Å²) < 4.78 is 36.2. The molecule has 38 heavy (non-hydrogen) atoms. The second-order valence-electron chi connectivity index (χ2n) is 11.2. The Balaban J connectivity index is 1.32. The molecular formula is C28H27F2N7O. The maximum absolute atomic E-state index is 14.6. The van der Waals surface area contributed by atoms with E-state index in [0.717, 1.165) is 42.0 Å². The van der Waals surface area contributed by atoms with E-state index >= 15 is 0 Å². The molecule has 10 heteroatoms. The first kappa shape index (κ1) is 23.5. The zero-order valence-electron chi connectivity index (χ0n) is 21.4. The van der Waals surface area contributed by atoms with Gasteiger partial charge in [0.15, 0.2) is 5.82 Å². The van der Waals surface area contributed by atoms with Crippen LogP contribution in [0.5, 0.6) is 0 Å². The molecule has 194 valence electrons. The Morgan fingerprint density at radius 1 is 1.08 bits per heavy atom. The van der Waals surface area contributed by atoms with Crippen LogP contribution in [0.2, 0.25) is 0 Å². The smallest absolute Gasteiger partial charge is 0.252 e. The van der Waals surface area contributed by atoms with Gasteiger partial charge in [0.1, 0.15) is 18.0 Å². The van der Waals surface area contributed by atoms with E-state index in [-0.39, 0.29) is 28.0 Å². The van der Waals surface area contributed by atoms with E-state index < -0.39 is 17.0 Å². The van der Waals surface area contributed by atoms with Crippen LogP contribution in [0, 0.1) is 17.0 Å². The van der Waals surface area contributed by atoms with Gasteiger partial charge in [-0.15, -0.1) is 10.2 Å². The van der Waals surface area contributed by atoms with Gasteiger partial charge in [-0.1, -0.05) is 26.8 Å². The summed E-state index contributed by atoms with van der Waals surface area (Å²) in [6, 6.07) is 7.57. The quantitative estimate of drug-likeness (QED) is 0.381. The zero-order chi connectivity index (χ0) is 26.3. The van der Waals surface area contributed by atoms with E-state index in [2.05, 4.69) is 40.9 Å². The Morgan fingerprint density at radius 2 is 1.87 bits per heavy atom. The van der Waals surface area contributed by atoms with Crippen molar-refractivity contribution < 1.29 is 13.5 Å². The van der Waals surface area contributed by atoms with Crippen LogP contribution in [-0.2, 0) is 15.6 Å². The standard InChI is InChI=1S/C28H27F2N7O/c1-4-27(13-38-14-27)24-32-15-37(36-24)25-31-11-9-21(33-25)28-10-8-17(26(28,2)3)16-12-20(34-35-23(16)28)22-18(29)6-5-7-19(22)30/h5-7,9,11-12,15,17H,4,8,10,13-14H2,1-3H3/t17-,28-/m0/s1. The molecule has 3 aromatic heterocycles. The lowest BCUT2D eigenvalue weighted by molar-refractivity contribution is -0.0663. The molecular weight excluding hydrogens is 488 g/mol. The monoisotopic (exact) mass is 515 g/mol. The molecule has 1 saturated heterocycles. The lowest BCUT2D eigenvalue weighted by Gasteiger charge is -2.38. The maximum Gasteiger partial charge on any atom is 0.252 e. The summed E-state index contributed by atoms with van der Waals surface area (Å²) in [4.78, 5) is 14.1. The predicted molar refractivity (Wildman–Crippen MR) is 134 cm³/mol. The van der Waals surface area contributed by atoms with Gasteiger partial charge in [0, 0.05) is 6.20 Å². The number of halogens is 2. The van der Waals surface area contributed by atoms with Crippen molar-refractivity contribution in [3.63, 3.8) is 0 Å². The molecule has 3 aliphatic rings. The molecule has 4 aromatic rings. The minimum absolute atomic E-state index is 0.148. The summed E-state index contributed by atoms with van der Waals surface area (Å²) in [6.45, 7) is 7.77. The third kappa shape index (κ3) is 2.92. The summed E-state index contributed by atoms with van der Waals surface area (Å²) in [5, 5.41) is 13.7. The summed E-state index contributed by atoms with van der Waals surface area (Å²) in [5.41, 5.74) is 1.78. The molecule has 2 aliphatic carbocycles. The van der Waals surface area contributed by atoms with Gasteiger partial charge < -0.3 is 4.74 Å². The molecule has 1 saturated carbocycles. The Morgan fingerprint density at radius 3 is 2.58 bits per heavy atom. The predicted octanol–water partition coefficient (Wildman–Crippen LogP) is 4.67. The van der Waals surface area contributed by atoms with Crippen molar-refractivity contribution in [2.24, 2.45) is 5.41 Å². The van der Waals surface area contributed by atoms with E-state index in [1.165, 1.54) is 18.2 Å². The Labute approximate surface area is 218 Å². The molecule has 0 spiro atoms. The molecule has 1 aromatic carbocycles. The van der Waals surface area contributed by atoms with Crippen LogP contribution in [0.15, 0.2) is 42.9 Å². The number of benzene rings is 1. The summed E-state index contributed by atoms with van der Waals surface area (Å²) in [5.74, 6) is 0.0307. The van der Waals surface area contributed by atoms with Crippen molar-refractivity contribution in [3.8, 4) is 17.2 Å². The molecule has 0 unspecified atom stereocenters. The highest BCUT2D eigenvalue weighted by molar-refractivity contribution is 5.64. The molecule has 7 rings (SSSR count). The van der Waals surface area contributed by atoms with Crippen LogP contribution in [0.1, 0.15) is 68.7 Å². The van der Waals surface area contributed by atoms with Crippen molar-refractivity contribution >= 4 is 0 Å². The third-order valence-corrected chi connectivity index (χ3v) is 9.29. The summed E-state index contributed by atoms with van der Waals surface area (Å²) in [7, 11) is 0. The number of nitrogens with zero attached hydrogens (tertiary/aromatic N) is 7. The fourth-order valence-electron chi connectivity index (χ4n) is 6.90. The second kappa shape index (κ2) is 7.92. The SMILES string of the molecule is CCC1(c2ncn(-c3nccc([C@@]45CC[C@@H](c6cc(-c7c(F)cccc7F)nnc64)C5(C)C)n3)n2)COC1. The van der Waals surface area contributed by atoms with Crippen LogP contribution in [0.3, 0.4) is 0 Å². The van der Waals surface area contributed by atoms with Crippen molar-refractivity contribution in [2.75, 3.05) is 13.2 Å². The molecule has 2 bridgehead atoms. The van der Waals surface area contributed by atoms with E-state index in [1.54, 1.807) is 17.2 Å². The van der Waals surface area contributed by atoms with Gasteiger partial charge in [0.25, 0.3) is 5.95 Å². The number of aromatic nitrogens is 7. The first-order chi connectivity index (χ1) is 18.3. The third-order valence-electron chi connectivity index (χ3n) is 9.29. The number of hydrogen-bond donors (Lipinski definition) is 0. The van der Waals surface area contributed by atoms with Gasteiger partial charge in [0.2, 0.25) is 0 Å². The van der Waals surface area contributed by atoms with Gasteiger partial charge in [-0.2, -0.15) is 9.78 Å². The van der Waals surface area contributed by atoms with Crippen molar-refractivity contribution in [2.45, 2.75) is 56.8 Å². The van der Waals surface area contributed by atoms with Crippen molar-refractivity contribution in [1.82, 2.24) is 34.9 Å². The van der Waals surface area contributed by atoms with Gasteiger partial charge in [-0.05, 0) is 60.4 Å². The van der Waals surface area contributed by atoms with Crippen LogP contribution in [0.25, 0.3) is 17.2 Å². The van der Waals surface area contributed by atoms with Crippen LogP contribution in [0.4, 0.5) is 8.78 Å². The number of rotatable bonds is 5. The molecule has 0 N–H and O–H groups in total. The van der Waals surface area contributed by atoms with Crippen LogP contribution >= 0.6 is 0 Å². The number of ether oxygens (including phenoxy) is 1. The first-order valence-electron chi connectivity index (χ1n) is 13.0. The lowest BCUT2D eigenvalue weighted by atomic mass is 9.66. The lowest BCUT2D eigenvalue weighted by Crippen LogP contribution is -2.47. The van der Waals surface area contributed by atoms with Gasteiger partial charge in [-0.25, -0.2) is 23.7 Å². The van der Waals surface area contributed by atoms with Gasteiger partial charge in [-0.3, -0.25) is 0 Å². The Hall–Kier alpha value is -3.66. The largest absolute Gasteiger partial charge is 0.379 e. The Kier molecular flexibility index (Phi) is 4.89. The minimum Gasteiger partial charge on any atom is -0.379 e. The second-order valence-corrected chi connectivity index (χ2v) is 11.2. The summed E-state index contributed by atoms with van der Waals surface area (Å²) in [6.07, 6.45) is 6.05. The minimum atomic E-state index is -0.651. The molecule has 4 heterocycles. The molecule has 0 amide bonds. The number of fused-ring (bicyclic) bond motifs is 5. The van der Waals surface area contributed by atoms with Gasteiger partial charge >= 0.3 is 0 Å². The first-order valence-corrected chi connectivity index (χ1v) is 13.0. The highest BCUT2D eigenvalue weighted by atomic mass is 19.1.